The Labute approximate surface area is 133 Å². The average Bonchev–Trinajstić information content (AvgIpc) is 2.83. The summed E-state index contributed by atoms with van der Waals surface area (Å²) >= 11 is 1.83. The van der Waals surface area contributed by atoms with Crippen LogP contribution in [0.4, 0.5) is 5.13 Å². The highest BCUT2D eigenvalue weighted by molar-refractivity contribution is 7.15. The fourth-order valence-electron chi connectivity index (χ4n) is 2.21. The van der Waals surface area contributed by atoms with E-state index in [9.17, 15) is 0 Å². The molecule has 5 heteroatoms. The largest absolute Gasteiger partial charge is 0.383 e. The quantitative estimate of drug-likeness (QED) is 0.635. The van der Waals surface area contributed by atoms with Gasteiger partial charge in [0, 0.05) is 31.1 Å². The third-order valence-corrected chi connectivity index (χ3v) is 4.51. The Balaban J connectivity index is 2.86. The summed E-state index contributed by atoms with van der Waals surface area (Å²) < 4.78 is 5.23. The molecule has 0 saturated carbocycles. The number of aromatic nitrogens is 1. The van der Waals surface area contributed by atoms with Gasteiger partial charge in [0.1, 0.15) is 0 Å². The Hall–Kier alpha value is -0.650. The van der Waals surface area contributed by atoms with E-state index < -0.39 is 0 Å². The number of rotatable bonds is 11. The Kier molecular flexibility index (Phi) is 8.88. The van der Waals surface area contributed by atoms with Crippen molar-refractivity contribution >= 4 is 16.5 Å². The van der Waals surface area contributed by atoms with Gasteiger partial charge in [0.25, 0.3) is 0 Å². The maximum Gasteiger partial charge on any atom is 0.186 e. The van der Waals surface area contributed by atoms with Gasteiger partial charge in [0.2, 0.25) is 0 Å². The lowest BCUT2D eigenvalue weighted by atomic mass is 10.2. The highest BCUT2D eigenvalue weighted by Gasteiger charge is 2.17. The number of hydrogen-bond donors (Lipinski definition) is 1. The second-order valence-corrected chi connectivity index (χ2v) is 6.64. The van der Waals surface area contributed by atoms with E-state index in [2.05, 4.69) is 37.9 Å². The average molecular weight is 314 g/mol. The normalized spacial score (nSPS) is 11.3. The summed E-state index contributed by atoms with van der Waals surface area (Å²) in [5.74, 6) is 0. The lowest BCUT2D eigenvalue weighted by Crippen LogP contribution is -2.33. The van der Waals surface area contributed by atoms with E-state index in [1.165, 1.54) is 17.0 Å². The number of aryl methyl sites for hydroxylation is 1. The zero-order chi connectivity index (χ0) is 15.7. The SMILES string of the molecule is CCCNCc1sc(N(CCOC)C(C)C)nc1CCC. The van der Waals surface area contributed by atoms with Crippen LogP contribution in [0, 0.1) is 0 Å². The molecular weight excluding hydrogens is 282 g/mol. The first-order valence-corrected chi connectivity index (χ1v) is 8.90. The highest BCUT2D eigenvalue weighted by Crippen LogP contribution is 2.28. The molecule has 0 aliphatic rings. The van der Waals surface area contributed by atoms with Crippen LogP contribution in [0.15, 0.2) is 0 Å². The Morgan fingerprint density at radius 2 is 2.05 bits per heavy atom. The van der Waals surface area contributed by atoms with E-state index >= 15 is 0 Å². The topological polar surface area (TPSA) is 37.4 Å². The van der Waals surface area contributed by atoms with Crippen LogP contribution in [0.1, 0.15) is 51.1 Å². The van der Waals surface area contributed by atoms with Crippen molar-refractivity contribution in [2.45, 2.75) is 59.5 Å². The van der Waals surface area contributed by atoms with Gasteiger partial charge in [-0.3, -0.25) is 0 Å². The monoisotopic (exact) mass is 313 g/mol. The number of thiazole rings is 1. The number of hydrogen-bond acceptors (Lipinski definition) is 5. The van der Waals surface area contributed by atoms with E-state index in [0.29, 0.717) is 6.04 Å². The fraction of sp³-hybridized carbons (Fsp3) is 0.812. The summed E-state index contributed by atoms with van der Waals surface area (Å²) in [6.07, 6.45) is 3.38. The number of anilines is 1. The maximum atomic E-state index is 5.23. The molecule has 1 aromatic heterocycles. The molecule has 0 unspecified atom stereocenters. The van der Waals surface area contributed by atoms with Gasteiger partial charge in [0.05, 0.1) is 12.3 Å². The molecule has 1 N–H and O–H groups in total. The molecular formula is C16H31N3OS. The zero-order valence-corrected chi connectivity index (χ0v) is 15.1. The molecule has 0 spiro atoms. The molecule has 1 heterocycles. The van der Waals surface area contributed by atoms with Crippen molar-refractivity contribution in [2.24, 2.45) is 0 Å². The minimum absolute atomic E-state index is 0.442. The minimum atomic E-state index is 0.442. The van der Waals surface area contributed by atoms with Crippen LogP contribution < -0.4 is 10.2 Å². The summed E-state index contributed by atoms with van der Waals surface area (Å²) in [4.78, 5) is 8.64. The second-order valence-electron chi connectivity index (χ2n) is 5.57. The molecule has 0 aliphatic carbocycles. The molecule has 0 bridgehead atoms. The Morgan fingerprint density at radius 3 is 2.62 bits per heavy atom. The number of methoxy groups -OCH3 is 1. The lowest BCUT2D eigenvalue weighted by molar-refractivity contribution is 0.204. The molecule has 0 aromatic carbocycles. The van der Waals surface area contributed by atoms with Crippen molar-refractivity contribution in [1.82, 2.24) is 10.3 Å². The molecule has 0 amide bonds. The van der Waals surface area contributed by atoms with Gasteiger partial charge in [0.15, 0.2) is 5.13 Å². The van der Waals surface area contributed by atoms with E-state index in [0.717, 1.165) is 44.2 Å². The molecule has 122 valence electrons. The van der Waals surface area contributed by atoms with Gasteiger partial charge in [-0.25, -0.2) is 4.98 Å². The van der Waals surface area contributed by atoms with E-state index in [1.807, 2.05) is 11.3 Å². The van der Waals surface area contributed by atoms with Gasteiger partial charge in [-0.05, 0) is 33.2 Å². The standard InChI is InChI=1S/C16H31N3OS/c1-6-8-14-15(12-17-9-7-2)21-16(18-14)19(13(3)4)10-11-20-5/h13,17H,6-12H2,1-5H3. The minimum Gasteiger partial charge on any atom is -0.383 e. The van der Waals surface area contributed by atoms with Gasteiger partial charge in [-0.2, -0.15) is 0 Å². The van der Waals surface area contributed by atoms with Crippen LogP contribution >= 0.6 is 11.3 Å². The predicted octanol–water partition coefficient (Wildman–Crippen LogP) is 3.46. The van der Waals surface area contributed by atoms with Crippen LogP contribution in [0.25, 0.3) is 0 Å². The summed E-state index contributed by atoms with van der Waals surface area (Å²) in [5, 5.41) is 4.64. The molecule has 0 aliphatic heterocycles. The molecule has 1 aromatic rings. The molecule has 0 atom stereocenters. The highest BCUT2D eigenvalue weighted by atomic mass is 32.1. The van der Waals surface area contributed by atoms with E-state index in [-0.39, 0.29) is 0 Å². The van der Waals surface area contributed by atoms with Crippen molar-refractivity contribution in [2.75, 3.05) is 31.7 Å². The molecule has 0 saturated heterocycles. The van der Waals surface area contributed by atoms with Gasteiger partial charge in [-0.1, -0.05) is 20.3 Å². The van der Waals surface area contributed by atoms with E-state index in [1.54, 1.807) is 7.11 Å². The van der Waals surface area contributed by atoms with Crippen molar-refractivity contribution < 1.29 is 4.74 Å². The third-order valence-electron chi connectivity index (χ3n) is 3.37. The summed E-state index contributed by atoms with van der Waals surface area (Å²) in [6, 6.07) is 0.442. The van der Waals surface area contributed by atoms with Crippen molar-refractivity contribution in [3.8, 4) is 0 Å². The van der Waals surface area contributed by atoms with Crippen LogP contribution in [-0.2, 0) is 17.7 Å². The van der Waals surface area contributed by atoms with E-state index in [4.69, 9.17) is 9.72 Å². The van der Waals surface area contributed by atoms with Gasteiger partial charge < -0.3 is 15.0 Å². The summed E-state index contributed by atoms with van der Waals surface area (Å²) in [6.45, 7) is 12.5. The van der Waals surface area contributed by atoms with Crippen LogP contribution in [0.2, 0.25) is 0 Å². The third kappa shape index (κ3) is 5.93. The lowest BCUT2D eigenvalue weighted by Gasteiger charge is -2.25. The van der Waals surface area contributed by atoms with Crippen molar-refractivity contribution in [3.05, 3.63) is 10.6 Å². The van der Waals surface area contributed by atoms with Gasteiger partial charge >= 0.3 is 0 Å². The van der Waals surface area contributed by atoms with Crippen molar-refractivity contribution in [1.29, 1.82) is 0 Å². The molecule has 4 nitrogen and oxygen atoms in total. The first-order chi connectivity index (χ1) is 10.1. The van der Waals surface area contributed by atoms with Crippen molar-refractivity contribution in [3.63, 3.8) is 0 Å². The molecule has 21 heavy (non-hydrogen) atoms. The maximum absolute atomic E-state index is 5.23. The van der Waals surface area contributed by atoms with Crippen LogP contribution in [0.5, 0.6) is 0 Å². The van der Waals surface area contributed by atoms with Crippen LogP contribution in [0.3, 0.4) is 0 Å². The first kappa shape index (κ1) is 18.4. The summed E-state index contributed by atoms with van der Waals surface area (Å²) in [5.41, 5.74) is 1.27. The zero-order valence-electron chi connectivity index (χ0n) is 14.2. The second kappa shape index (κ2) is 10.1. The summed E-state index contributed by atoms with van der Waals surface area (Å²) in [7, 11) is 1.75. The first-order valence-electron chi connectivity index (χ1n) is 8.08. The Bertz CT molecular complexity index is 393. The smallest absolute Gasteiger partial charge is 0.186 e. The Morgan fingerprint density at radius 1 is 1.29 bits per heavy atom. The number of ether oxygens (including phenoxy) is 1. The number of nitrogens with zero attached hydrogens (tertiary/aromatic N) is 2. The molecule has 1 rings (SSSR count). The fourth-order valence-corrected chi connectivity index (χ4v) is 3.44. The molecule has 0 fully saturated rings. The molecule has 0 radical (unpaired) electrons. The number of nitrogens with one attached hydrogen (secondary N) is 1. The predicted molar refractivity (Wildman–Crippen MR) is 92.5 cm³/mol. The van der Waals surface area contributed by atoms with Gasteiger partial charge in [-0.15, -0.1) is 11.3 Å². The van der Waals surface area contributed by atoms with Crippen LogP contribution in [-0.4, -0.2) is 37.8 Å².